The third kappa shape index (κ3) is 2.04. The van der Waals surface area contributed by atoms with Crippen molar-refractivity contribution in [3.8, 4) is 0 Å². The van der Waals surface area contributed by atoms with Gasteiger partial charge in [0.2, 0.25) is 0 Å². The first kappa shape index (κ1) is 11.0. The summed E-state index contributed by atoms with van der Waals surface area (Å²) in [4.78, 5) is 0. The summed E-state index contributed by atoms with van der Waals surface area (Å²) < 4.78 is 7.66. The molecule has 1 N–H and O–H groups in total. The fourth-order valence-corrected chi connectivity index (χ4v) is 2.04. The maximum atomic E-state index is 5.38. The Kier molecular flexibility index (Phi) is 3.15. The van der Waals surface area contributed by atoms with Crippen molar-refractivity contribution in [2.24, 2.45) is 0 Å². The van der Waals surface area contributed by atoms with Gasteiger partial charge in [-0.05, 0) is 44.7 Å². The van der Waals surface area contributed by atoms with Crippen LogP contribution in [0.5, 0.6) is 0 Å². The van der Waals surface area contributed by atoms with Crippen molar-refractivity contribution >= 4 is 0 Å². The van der Waals surface area contributed by atoms with E-state index >= 15 is 0 Å². The van der Waals surface area contributed by atoms with Crippen LogP contribution in [0.2, 0.25) is 0 Å². The maximum Gasteiger partial charge on any atom is 0.123 e. The van der Waals surface area contributed by atoms with Gasteiger partial charge < -0.3 is 14.3 Å². The largest absolute Gasteiger partial charge is 0.467 e. The van der Waals surface area contributed by atoms with E-state index in [1.807, 2.05) is 19.2 Å². The number of nitrogens with one attached hydrogen (secondary N) is 1. The predicted molar refractivity (Wildman–Crippen MR) is 64.5 cm³/mol. The van der Waals surface area contributed by atoms with E-state index in [0.717, 1.165) is 18.8 Å². The molecule has 0 bridgehead atoms. The zero-order valence-corrected chi connectivity index (χ0v) is 10.1. The van der Waals surface area contributed by atoms with Crippen molar-refractivity contribution in [2.45, 2.75) is 26.9 Å². The molecule has 2 rings (SSSR count). The van der Waals surface area contributed by atoms with Crippen LogP contribution in [0.4, 0.5) is 0 Å². The van der Waals surface area contributed by atoms with Crippen molar-refractivity contribution in [1.82, 2.24) is 9.88 Å². The fourth-order valence-electron chi connectivity index (χ4n) is 2.04. The van der Waals surface area contributed by atoms with Gasteiger partial charge in [0, 0.05) is 17.9 Å². The van der Waals surface area contributed by atoms with E-state index in [9.17, 15) is 0 Å². The van der Waals surface area contributed by atoms with Crippen molar-refractivity contribution < 1.29 is 4.42 Å². The lowest BCUT2D eigenvalue weighted by atomic mass is 10.2. The van der Waals surface area contributed by atoms with E-state index in [0.29, 0.717) is 0 Å². The predicted octanol–water partition coefficient (Wildman–Crippen LogP) is 2.47. The van der Waals surface area contributed by atoms with Crippen LogP contribution in [0.15, 0.2) is 28.9 Å². The number of rotatable bonds is 4. The Balaban J connectivity index is 2.26. The molecule has 0 aliphatic rings. The highest BCUT2D eigenvalue weighted by Gasteiger charge is 2.09. The minimum Gasteiger partial charge on any atom is -0.467 e. The number of hydrogen-bond acceptors (Lipinski definition) is 2. The van der Waals surface area contributed by atoms with Gasteiger partial charge in [-0.2, -0.15) is 0 Å². The van der Waals surface area contributed by atoms with Gasteiger partial charge in [0.1, 0.15) is 5.76 Å². The molecule has 0 saturated carbocycles. The van der Waals surface area contributed by atoms with E-state index in [2.05, 4.69) is 29.8 Å². The molecule has 3 heteroatoms. The standard InChI is InChI=1S/C13H18N2O/c1-10-7-12(8-14-3)11(2)15(10)9-13-5-4-6-16-13/h4-7,14H,8-9H2,1-3H3. The summed E-state index contributed by atoms with van der Waals surface area (Å²) in [5.41, 5.74) is 3.94. The van der Waals surface area contributed by atoms with Crippen LogP contribution in [0.25, 0.3) is 0 Å². The van der Waals surface area contributed by atoms with Crippen molar-refractivity contribution in [2.75, 3.05) is 7.05 Å². The molecule has 0 radical (unpaired) electrons. The van der Waals surface area contributed by atoms with Gasteiger partial charge in [-0.3, -0.25) is 0 Å². The van der Waals surface area contributed by atoms with Gasteiger partial charge in [0.05, 0.1) is 12.8 Å². The lowest BCUT2D eigenvalue weighted by Gasteiger charge is -2.07. The van der Waals surface area contributed by atoms with Crippen LogP contribution >= 0.6 is 0 Å². The average Bonchev–Trinajstić information content (AvgIpc) is 2.84. The molecule has 3 nitrogen and oxygen atoms in total. The minimum absolute atomic E-state index is 0.814. The summed E-state index contributed by atoms with van der Waals surface area (Å²) in [6, 6.07) is 6.17. The monoisotopic (exact) mass is 218 g/mol. The first-order chi connectivity index (χ1) is 7.72. The van der Waals surface area contributed by atoms with E-state index < -0.39 is 0 Å². The number of hydrogen-bond donors (Lipinski definition) is 1. The summed E-state index contributed by atoms with van der Waals surface area (Å²) >= 11 is 0. The molecule has 86 valence electrons. The maximum absolute atomic E-state index is 5.38. The topological polar surface area (TPSA) is 30.1 Å². The van der Waals surface area contributed by atoms with Crippen LogP contribution in [0.3, 0.4) is 0 Å². The number of aryl methyl sites for hydroxylation is 1. The molecule has 16 heavy (non-hydrogen) atoms. The molecular formula is C13H18N2O. The van der Waals surface area contributed by atoms with Crippen molar-refractivity contribution in [1.29, 1.82) is 0 Å². The highest BCUT2D eigenvalue weighted by Crippen LogP contribution is 2.17. The highest BCUT2D eigenvalue weighted by molar-refractivity contribution is 5.27. The van der Waals surface area contributed by atoms with Crippen LogP contribution < -0.4 is 5.32 Å². The summed E-state index contributed by atoms with van der Waals surface area (Å²) in [6.07, 6.45) is 1.72. The molecule has 0 aliphatic carbocycles. The lowest BCUT2D eigenvalue weighted by Crippen LogP contribution is -2.07. The second-order valence-corrected chi connectivity index (χ2v) is 4.09. The van der Waals surface area contributed by atoms with E-state index in [1.165, 1.54) is 17.0 Å². The molecule has 0 atom stereocenters. The molecule has 0 unspecified atom stereocenters. The molecule has 2 heterocycles. The lowest BCUT2D eigenvalue weighted by molar-refractivity contribution is 0.489. The molecule has 0 aliphatic heterocycles. The van der Waals surface area contributed by atoms with Crippen molar-refractivity contribution in [3.63, 3.8) is 0 Å². The normalized spacial score (nSPS) is 10.9. The Morgan fingerprint density at radius 3 is 2.81 bits per heavy atom. The van der Waals surface area contributed by atoms with Crippen LogP contribution in [0, 0.1) is 13.8 Å². The number of nitrogens with zero attached hydrogens (tertiary/aromatic N) is 1. The summed E-state index contributed by atoms with van der Waals surface area (Å²) in [7, 11) is 1.97. The Morgan fingerprint density at radius 1 is 1.38 bits per heavy atom. The van der Waals surface area contributed by atoms with E-state index in [-0.39, 0.29) is 0 Å². The van der Waals surface area contributed by atoms with Gasteiger partial charge >= 0.3 is 0 Å². The van der Waals surface area contributed by atoms with Crippen LogP contribution in [-0.4, -0.2) is 11.6 Å². The van der Waals surface area contributed by atoms with Crippen LogP contribution in [-0.2, 0) is 13.1 Å². The molecule has 0 spiro atoms. The van der Waals surface area contributed by atoms with Crippen LogP contribution in [0.1, 0.15) is 22.7 Å². The van der Waals surface area contributed by atoms with E-state index in [4.69, 9.17) is 4.42 Å². The Bertz CT molecular complexity index is 454. The molecular weight excluding hydrogens is 200 g/mol. The van der Waals surface area contributed by atoms with Gasteiger partial charge in [-0.15, -0.1) is 0 Å². The third-order valence-electron chi connectivity index (χ3n) is 2.94. The van der Waals surface area contributed by atoms with Gasteiger partial charge in [-0.25, -0.2) is 0 Å². The molecule has 0 fully saturated rings. The number of aromatic nitrogens is 1. The first-order valence-electron chi connectivity index (χ1n) is 5.55. The zero-order chi connectivity index (χ0) is 11.5. The molecule has 2 aromatic rings. The smallest absolute Gasteiger partial charge is 0.123 e. The fraction of sp³-hybridized carbons (Fsp3) is 0.385. The van der Waals surface area contributed by atoms with Gasteiger partial charge in [0.25, 0.3) is 0 Å². The van der Waals surface area contributed by atoms with E-state index in [1.54, 1.807) is 6.26 Å². The molecule has 0 aromatic carbocycles. The summed E-state index contributed by atoms with van der Waals surface area (Å²) in [5, 5.41) is 3.19. The second kappa shape index (κ2) is 4.58. The third-order valence-corrected chi connectivity index (χ3v) is 2.94. The summed E-state index contributed by atoms with van der Waals surface area (Å²) in [5.74, 6) is 0.998. The molecule has 0 amide bonds. The Hall–Kier alpha value is -1.48. The quantitative estimate of drug-likeness (QED) is 0.854. The minimum atomic E-state index is 0.814. The number of furan rings is 1. The second-order valence-electron chi connectivity index (χ2n) is 4.09. The molecule has 2 aromatic heterocycles. The Morgan fingerprint density at radius 2 is 2.19 bits per heavy atom. The zero-order valence-electron chi connectivity index (χ0n) is 10.1. The van der Waals surface area contributed by atoms with Gasteiger partial charge in [-0.1, -0.05) is 0 Å². The van der Waals surface area contributed by atoms with Gasteiger partial charge in [0.15, 0.2) is 0 Å². The highest BCUT2D eigenvalue weighted by atomic mass is 16.3. The Labute approximate surface area is 96.1 Å². The van der Waals surface area contributed by atoms with Crippen molar-refractivity contribution in [3.05, 3.63) is 47.2 Å². The first-order valence-corrected chi connectivity index (χ1v) is 5.55. The SMILES string of the molecule is CNCc1cc(C)n(Cc2ccco2)c1C. The average molecular weight is 218 g/mol. The summed E-state index contributed by atoms with van der Waals surface area (Å²) in [6.45, 7) is 6.02. The molecule has 0 saturated heterocycles.